The fourth-order valence-electron chi connectivity index (χ4n) is 3.51. The number of para-hydroxylation sites is 1. The Hall–Kier alpha value is -3.79. The number of hydrogen-bond donors (Lipinski definition) is 2. The summed E-state index contributed by atoms with van der Waals surface area (Å²) >= 11 is 0. The Balaban J connectivity index is 1.47. The highest BCUT2D eigenvalue weighted by Crippen LogP contribution is 2.38. The first-order valence-corrected chi connectivity index (χ1v) is 9.19. The van der Waals surface area contributed by atoms with Crippen LogP contribution in [-0.4, -0.2) is 5.91 Å². The van der Waals surface area contributed by atoms with Gasteiger partial charge in [0, 0.05) is 16.9 Å². The van der Waals surface area contributed by atoms with Gasteiger partial charge in [0.05, 0.1) is 11.3 Å². The lowest BCUT2D eigenvalue weighted by atomic mass is 10.0. The first-order chi connectivity index (χ1) is 13.8. The molecule has 2 heterocycles. The van der Waals surface area contributed by atoms with Gasteiger partial charge in [-0.2, -0.15) is 0 Å². The number of fused-ring (bicyclic) bond motifs is 2. The Kier molecular flexibility index (Phi) is 3.95. The van der Waals surface area contributed by atoms with Crippen LogP contribution in [0.2, 0.25) is 0 Å². The topological polar surface area (TPSA) is 50.4 Å². The normalized spacial score (nSPS) is 16.8. The van der Waals surface area contributed by atoms with E-state index in [1.165, 1.54) is 0 Å². The van der Waals surface area contributed by atoms with Gasteiger partial charge in [0.2, 0.25) is 0 Å². The van der Waals surface area contributed by atoms with Gasteiger partial charge >= 0.3 is 0 Å². The second-order valence-electron chi connectivity index (χ2n) is 6.77. The van der Waals surface area contributed by atoms with Gasteiger partial charge in [-0.3, -0.25) is 4.79 Å². The molecule has 1 amide bonds. The monoisotopic (exact) mass is 366 g/mol. The third kappa shape index (κ3) is 2.95. The number of amides is 1. The number of hydrogen-bond acceptors (Lipinski definition) is 3. The summed E-state index contributed by atoms with van der Waals surface area (Å²) in [5.74, 6) is 0.624. The van der Waals surface area contributed by atoms with Gasteiger partial charge in [0.1, 0.15) is 12.4 Å². The molecular weight excluding hydrogens is 348 g/mol. The minimum atomic E-state index is -0.109. The van der Waals surface area contributed by atoms with Gasteiger partial charge in [0.15, 0.2) is 0 Å². The summed E-state index contributed by atoms with van der Waals surface area (Å²) < 4.78 is 5.94. The van der Waals surface area contributed by atoms with Crippen LogP contribution in [0.4, 0.5) is 11.4 Å². The average molecular weight is 366 g/mol. The van der Waals surface area contributed by atoms with Gasteiger partial charge in [-0.1, -0.05) is 54.6 Å². The van der Waals surface area contributed by atoms with Crippen LogP contribution in [-0.2, 0) is 11.4 Å². The van der Waals surface area contributed by atoms with Crippen LogP contribution >= 0.6 is 0 Å². The molecule has 0 aromatic heterocycles. The van der Waals surface area contributed by atoms with Gasteiger partial charge in [-0.05, 0) is 41.5 Å². The van der Waals surface area contributed by atoms with E-state index in [9.17, 15) is 4.79 Å². The van der Waals surface area contributed by atoms with Crippen LogP contribution in [0.3, 0.4) is 0 Å². The van der Waals surface area contributed by atoms with Crippen molar-refractivity contribution in [2.45, 2.75) is 6.61 Å². The number of ether oxygens (including phenoxy) is 1. The summed E-state index contributed by atoms with van der Waals surface area (Å²) in [6, 6.07) is 23.7. The predicted molar refractivity (Wildman–Crippen MR) is 112 cm³/mol. The summed E-state index contributed by atoms with van der Waals surface area (Å²) in [5.41, 5.74) is 6.26. The fourth-order valence-corrected chi connectivity index (χ4v) is 3.51. The molecule has 0 atom stereocenters. The number of carbonyl (C=O) groups excluding carboxylic acids is 1. The van der Waals surface area contributed by atoms with E-state index in [1.54, 1.807) is 0 Å². The summed E-state index contributed by atoms with van der Waals surface area (Å²) in [6.45, 7) is 0.485. The lowest BCUT2D eigenvalue weighted by Crippen LogP contribution is -2.11. The summed E-state index contributed by atoms with van der Waals surface area (Å²) in [5, 5.41) is 6.32. The van der Waals surface area contributed by atoms with Crippen LogP contribution in [0.25, 0.3) is 11.6 Å². The van der Waals surface area contributed by atoms with E-state index in [0.717, 1.165) is 39.5 Å². The molecule has 136 valence electrons. The van der Waals surface area contributed by atoms with Crippen LogP contribution in [0, 0.1) is 0 Å². The molecule has 0 unspecified atom stereocenters. The largest absolute Gasteiger partial charge is 0.489 e. The quantitative estimate of drug-likeness (QED) is 0.637. The van der Waals surface area contributed by atoms with Crippen molar-refractivity contribution < 1.29 is 9.53 Å². The molecule has 2 N–H and O–H groups in total. The molecule has 0 bridgehead atoms. The summed E-state index contributed by atoms with van der Waals surface area (Å²) in [6.07, 6.45) is 3.97. The Bertz CT molecular complexity index is 1130. The van der Waals surface area contributed by atoms with E-state index in [4.69, 9.17) is 4.74 Å². The molecule has 0 saturated carbocycles. The highest BCUT2D eigenvalue weighted by atomic mass is 16.5. The van der Waals surface area contributed by atoms with Gasteiger partial charge < -0.3 is 15.4 Å². The Morgan fingerprint density at radius 3 is 2.50 bits per heavy atom. The molecule has 2 aliphatic rings. The third-order valence-corrected chi connectivity index (χ3v) is 4.91. The minimum absolute atomic E-state index is 0.109. The Labute approximate surface area is 163 Å². The molecule has 5 rings (SSSR count). The molecule has 0 fully saturated rings. The van der Waals surface area contributed by atoms with Crippen molar-refractivity contribution in [2.75, 3.05) is 10.6 Å². The first kappa shape index (κ1) is 16.4. The zero-order valence-electron chi connectivity index (χ0n) is 15.1. The zero-order valence-corrected chi connectivity index (χ0v) is 15.1. The zero-order chi connectivity index (χ0) is 18.9. The molecule has 28 heavy (non-hydrogen) atoms. The van der Waals surface area contributed by atoms with Crippen molar-refractivity contribution in [1.29, 1.82) is 0 Å². The molecule has 3 aromatic carbocycles. The summed E-state index contributed by atoms with van der Waals surface area (Å²) in [7, 11) is 0. The Morgan fingerprint density at radius 1 is 0.786 bits per heavy atom. The van der Waals surface area contributed by atoms with Crippen molar-refractivity contribution in [2.24, 2.45) is 0 Å². The average Bonchev–Trinajstić information content (AvgIpc) is 3.07. The number of anilines is 2. The van der Waals surface area contributed by atoms with E-state index in [2.05, 4.69) is 10.6 Å². The highest BCUT2D eigenvalue weighted by molar-refractivity contribution is 6.33. The number of rotatable bonds is 3. The smallest absolute Gasteiger partial charge is 0.258 e. The molecule has 4 heteroatoms. The molecule has 0 spiro atoms. The SMILES string of the molecule is O=C1Nc2ccc(OCc3ccccc3)cc2C1=C1C=Cc2ccccc2N1. The second-order valence-corrected chi connectivity index (χ2v) is 6.77. The van der Waals surface area contributed by atoms with Crippen LogP contribution in [0.1, 0.15) is 16.7 Å². The van der Waals surface area contributed by atoms with E-state index < -0.39 is 0 Å². The maximum absolute atomic E-state index is 12.6. The molecule has 4 nitrogen and oxygen atoms in total. The van der Waals surface area contributed by atoms with E-state index in [0.29, 0.717) is 12.2 Å². The second kappa shape index (κ2) is 6.74. The predicted octanol–water partition coefficient (Wildman–Crippen LogP) is 5.07. The van der Waals surface area contributed by atoms with Gasteiger partial charge in [0.25, 0.3) is 5.91 Å². The molecule has 2 aliphatic heterocycles. The van der Waals surface area contributed by atoms with Crippen molar-refractivity contribution in [1.82, 2.24) is 0 Å². The van der Waals surface area contributed by atoms with Gasteiger partial charge in [-0.25, -0.2) is 0 Å². The molecule has 0 radical (unpaired) electrons. The molecule has 0 saturated heterocycles. The number of carbonyl (C=O) groups is 1. The number of benzene rings is 3. The number of allylic oxidation sites excluding steroid dienone is 1. The lowest BCUT2D eigenvalue weighted by molar-refractivity contribution is -0.110. The molecule has 0 aliphatic carbocycles. The maximum Gasteiger partial charge on any atom is 0.258 e. The van der Waals surface area contributed by atoms with Gasteiger partial charge in [-0.15, -0.1) is 0 Å². The third-order valence-electron chi connectivity index (χ3n) is 4.91. The van der Waals surface area contributed by atoms with Crippen molar-refractivity contribution >= 4 is 28.9 Å². The van der Waals surface area contributed by atoms with Crippen molar-refractivity contribution in [3.63, 3.8) is 0 Å². The molecule has 3 aromatic rings. The summed E-state index contributed by atoms with van der Waals surface area (Å²) in [4.78, 5) is 12.6. The standard InChI is InChI=1S/C24H18N2O2/c27-24-23(22-12-10-17-8-4-5-9-20(17)25-22)19-14-18(11-13-21(19)26-24)28-15-16-6-2-1-3-7-16/h1-14,25H,15H2,(H,26,27). The molecular formula is C24H18N2O2. The van der Waals surface area contributed by atoms with E-state index >= 15 is 0 Å². The van der Waals surface area contributed by atoms with Crippen molar-refractivity contribution in [3.05, 3.63) is 101 Å². The first-order valence-electron chi connectivity index (χ1n) is 9.19. The van der Waals surface area contributed by atoms with Crippen LogP contribution in [0.15, 0.2) is 84.6 Å². The lowest BCUT2D eigenvalue weighted by Gasteiger charge is -2.17. The minimum Gasteiger partial charge on any atom is -0.489 e. The highest BCUT2D eigenvalue weighted by Gasteiger charge is 2.28. The number of nitrogens with one attached hydrogen (secondary N) is 2. The Morgan fingerprint density at radius 2 is 1.61 bits per heavy atom. The van der Waals surface area contributed by atoms with Crippen LogP contribution < -0.4 is 15.4 Å². The van der Waals surface area contributed by atoms with Crippen LogP contribution in [0.5, 0.6) is 5.75 Å². The van der Waals surface area contributed by atoms with Crippen molar-refractivity contribution in [3.8, 4) is 5.75 Å². The fraction of sp³-hybridized carbons (Fsp3) is 0.0417. The maximum atomic E-state index is 12.6. The van der Waals surface area contributed by atoms with E-state index in [1.807, 2.05) is 84.9 Å². The van der Waals surface area contributed by atoms with E-state index in [-0.39, 0.29) is 5.91 Å².